The van der Waals surface area contributed by atoms with Crippen molar-refractivity contribution in [1.82, 2.24) is 10.3 Å². The molecule has 0 bridgehead atoms. The standard InChI is InChI=1S/C16H15N3O2/c17-7-2-5-12-3-1-4-13(9-12)10-19-16(21)14-6-8-18-11-15(14)20/h1,3-4,6,8-9,11,20H,7,10,17H2,(H,19,21). The maximum absolute atomic E-state index is 12.0. The Morgan fingerprint density at radius 1 is 1.38 bits per heavy atom. The van der Waals surface area contributed by atoms with Crippen molar-refractivity contribution in [2.75, 3.05) is 6.54 Å². The number of carbonyl (C=O) groups is 1. The van der Waals surface area contributed by atoms with Gasteiger partial charge in [-0.25, -0.2) is 0 Å². The molecule has 0 fully saturated rings. The average molecular weight is 281 g/mol. The molecule has 2 aromatic rings. The number of benzene rings is 1. The highest BCUT2D eigenvalue weighted by Crippen LogP contribution is 2.13. The Morgan fingerprint density at radius 3 is 3.00 bits per heavy atom. The molecular formula is C16H15N3O2. The van der Waals surface area contributed by atoms with Crippen LogP contribution < -0.4 is 11.1 Å². The van der Waals surface area contributed by atoms with Crippen LogP contribution in [0.2, 0.25) is 0 Å². The predicted octanol–water partition coefficient (Wildman–Crippen LogP) is 1.03. The van der Waals surface area contributed by atoms with Gasteiger partial charge in [-0.1, -0.05) is 24.0 Å². The summed E-state index contributed by atoms with van der Waals surface area (Å²) in [6, 6.07) is 8.98. The van der Waals surface area contributed by atoms with Gasteiger partial charge in [0, 0.05) is 18.3 Å². The second kappa shape index (κ2) is 7.08. The minimum Gasteiger partial charge on any atom is -0.505 e. The molecular weight excluding hydrogens is 266 g/mol. The van der Waals surface area contributed by atoms with E-state index in [9.17, 15) is 9.90 Å². The Kier molecular flexibility index (Phi) is 4.91. The molecule has 106 valence electrons. The lowest BCUT2D eigenvalue weighted by atomic mass is 10.1. The number of nitrogens with zero attached hydrogens (tertiary/aromatic N) is 1. The molecule has 1 aromatic carbocycles. The van der Waals surface area contributed by atoms with E-state index in [0.717, 1.165) is 11.1 Å². The Morgan fingerprint density at radius 2 is 2.24 bits per heavy atom. The molecule has 0 aliphatic carbocycles. The van der Waals surface area contributed by atoms with Crippen molar-refractivity contribution in [3.8, 4) is 17.6 Å². The fraction of sp³-hybridized carbons (Fsp3) is 0.125. The van der Waals surface area contributed by atoms with Gasteiger partial charge in [-0.15, -0.1) is 0 Å². The smallest absolute Gasteiger partial charge is 0.255 e. The van der Waals surface area contributed by atoms with Gasteiger partial charge in [0.05, 0.1) is 18.3 Å². The molecule has 0 saturated heterocycles. The van der Waals surface area contributed by atoms with Crippen LogP contribution in [0.3, 0.4) is 0 Å². The number of aromatic hydroxyl groups is 1. The highest BCUT2D eigenvalue weighted by Gasteiger charge is 2.09. The highest BCUT2D eigenvalue weighted by atomic mass is 16.3. The molecule has 2 rings (SSSR count). The highest BCUT2D eigenvalue weighted by molar-refractivity contribution is 5.96. The number of nitrogens with two attached hydrogens (primary N) is 1. The molecule has 1 amide bonds. The van der Waals surface area contributed by atoms with Crippen LogP contribution in [-0.2, 0) is 6.54 Å². The minimum absolute atomic E-state index is 0.141. The largest absolute Gasteiger partial charge is 0.505 e. The van der Waals surface area contributed by atoms with Crippen molar-refractivity contribution in [2.45, 2.75) is 6.54 Å². The van der Waals surface area contributed by atoms with Crippen LogP contribution in [0, 0.1) is 11.8 Å². The van der Waals surface area contributed by atoms with Gasteiger partial charge >= 0.3 is 0 Å². The first-order valence-electron chi connectivity index (χ1n) is 6.40. The lowest BCUT2D eigenvalue weighted by Gasteiger charge is -2.07. The zero-order chi connectivity index (χ0) is 15.1. The van der Waals surface area contributed by atoms with Crippen molar-refractivity contribution in [2.24, 2.45) is 5.73 Å². The third-order valence-corrected chi connectivity index (χ3v) is 2.76. The molecule has 0 spiro atoms. The Labute approximate surface area is 122 Å². The number of nitrogens with one attached hydrogen (secondary N) is 1. The van der Waals surface area contributed by atoms with Crippen LogP contribution in [-0.4, -0.2) is 22.5 Å². The summed E-state index contributed by atoms with van der Waals surface area (Å²) in [5, 5.41) is 12.3. The molecule has 5 nitrogen and oxygen atoms in total. The van der Waals surface area contributed by atoms with Gasteiger partial charge in [0.1, 0.15) is 5.75 Å². The summed E-state index contributed by atoms with van der Waals surface area (Å²) in [5.41, 5.74) is 7.29. The lowest BCUT2D eigenvalue weighted by molar-refractivity contribution is 0.0948. The first-order chi connectivity index (χ1) is 10.2. The van der Waals surface area contributed by atoms with Crippen LogP contribution in [0.25, 0.3) is 0 Å². The van der Waals surface area contributed by atoms with E-state index in [1.165, 1.54) is 18.5 Å². The van der Waals surface area contributed by atoms with E-state index in [2.05, 4.69) is 22.1 Å². The zero-order valence-corrected chi connectivity index (χ0v) is 11.3. The molecule has 1 heterocycles. The monoisotopic (exact) mass is 281 g/mol. The number of hydrogen-bond donors (Lipinski definition) is 3. The number of amides is 1. The van der Waals surface area contributed by atoms with Crippen LogP contribution in [0.15, 0.2) is 42.7 Å². The Hall–Kier alpha value is -2.84. The van der Waals surface area contributed by atoms with Gasteiger partial charge in [-0.05, 0) is 23.8 Å². The third kappa shape index (κ3) is 4.06. The van der Waals surface area contributed by atoms with Gasteiger partial charge in [0.15, 0.2) is 0 Å². The quantitative estimate of drug-likeness (QED) is 0.733. The topological polar surface area (TPSA) is 88.2 Å². The van der Waals surface area contributed by atoms with Gasteiger partial charge in [0.2, 0.25) is 0 Å². The SMILES string of the molecule is NCC#Cc1cccc(CNC(=O)c2ccncc2O)c1. The maximum atomic E-state index is 12.0. The van der Waals surface area contributed by atoms with Crippen molar-refractivity contribution in [3.63, 3.8) is 0 Å². The second-order valence-electron chi connectivity index (χ2n) is 4.28. The number of carbonyl (C=O) groups excluding carboxylic acids is 1. The molecule has 0 aliphatic heterocycles. The van der Waals surface area contributed by atoms with E-state index in [-0.39, 0.29) is 17.2 Å². The van der Waals surface area contributed by atoms with E-state index in [0.29, 0.717) is 13.1 Å². The number of aromatic nitrogens is 1. The second-order valence-corrected chi connectivity index (χ2v) is 4.28. The molecule has 0 radical (unpaired) electrons. The zero-order valence-electron chi connectivity index (χ0n) is 11.3. The molecule has 0 aliphatic rings. The van der Waals surface area contributed by atoms with Crippen molar-refractivity contribution in [3.05, 3.63) is 59.4 Å². The maximum Gasteiger partial charge on any atom is 0.255 e. The van der Waals surface area contributed by atoms with Crippen molar-refractivity contribution < 1.29 is 9.90 Å². The first-order valence-corrected chi connectivity index (χ1v) is 6.40. The summed E-state index contributed by atoms with van der Waals surface area (Å²) in [7, 11) is 0. The van der Waals surface area contributed by atoms with Crippen LogP contribution in [0.4, 0.5) is 0 Å². The first kappa shape index (κ1) is 14.6. The number of pyridine rings is 1. The fourth-order valence-corrected chi connectivity index (χ4v) is 1.77. The van der Waals surface area contributed by atoms with Crippen LogP contribution >= 0.6 is 0 Å². The molecule has 0 saturated carbocycles. The normalized spacial score (nSPS) is 9.57. The van der Waals surface area contributed by atoms with E-state index < -0.39 is 0 Å². The Balaban J connectivity index is 2.03. The molecule has 1 aromatic heterocycles. The summed E-state index contributed by atoms with van der Waals surface area (Å²) in [5.74, 6) is 5.22. The van der Waals surface area contributed by atoms with Gasteiger partial charge in [-0.3, -0.25) is 9.78 Å². The Bertz CT molecular complexity index is 702. The predicted molar refractivity (Wildman–Crippen MR) is 79.4 cm³/mol. The van der Waals surface area contributed by atoms with Crippen LogP contribution in [0.1, 0.15) is 21.5 Å². The molecule has 5 heteroatoms. The van der Waals surface area contributed by atoms with E-state index in [4.69, 9.17) is 5.73 Å². The average Bonchev–Trinajstić information content (AvgIpc) is 2.51. The van der Waals surface area contributed by atoms with Crippen LogP contribution in [0.5, 0.6) is 5.75 Å². The fourth-order valence-electron chi connectivity index (χ4n) is 1.77. The molecule has 0 unspecified atom stereocenters. The number of hydrogen-bond acceptors (Lipinski definition) is 4. The third-order valence-electron chi connectivity index (χ3n) is 2.76. The van der Waals surface area contributed by atoms with Crippen molar-refractivity contribution >= 4 is 5.91 Å². The summed E-state index contributed by atoms with van der Waals surface area (Å²) in [6.07, 6.45) is 2.69. The van der Waals surface area contributed by atoms with E-state index >= 15 is 0 Å². The van der Waals surface area contributed by atoms with Gasteiger partial charge in [-0.2, -0.15) is 0 Å². The summed E-state index contributed by atoms with van der Waals surface area (Å²) in [6.45, 7) is 0.654. The molecule has 0 atom stereocenters. The van der Waals surface area contributed by atoms with Gasteiger partial charge < -0.3 is 16.2 Å². The lowest BCUT2D eigenvalue weighted by Crippen LogP contribution is -2.22. The molecule has 21 heavy (non-hydrogen) atoms. The number of rotatable bonds is 3. The summed E-state index contributed by atoms with van der Waals surface area (Å²) in [4.78, 5) is 15.7. The van der Waals surface area contributed by atoms with Crippen molar-refractivity contribution in [1.29, 1.82) is 0 Å². The summed E-state index contributed by atoms with van der Waals surface area (Å²) >= 11 is 0. The molecule has 4 N–H and O–H groups in total. The van der Waals surface area contributed by atoms with E-state index in [1.807, 2.05) is 24.3 Å². The minimum atomic E-state index is -0.353. The van der Waals surface area contributed by atoms with E-state index in [1.54, 1.807) is 0 Å². The van der Waals surface area contributed by atoms with Gasteiger partial charge in [0.25, 0.3) is 5.91 Å². The summed E-state index contributed by atoms with van der Waals surface area (Å²) < 4.78 is 0.